The second-order valence-corrected chi connectivity index (χ2v) is 10.0. The van der Waals surface area contributed by atoms with Crippen molar-refractivity contribution < 1.29 is 14.3 Å². The number of carbonyl (C=O) groups excluding carboxylic acids is 2. The predicted molar refractivity (Wildman–Crippen MR) is 114 cm³/mol. The second kappa shape index (κ2) is 6.70. The van der Waals surface area contributed by atoms with Crippen LogP contribution in [0.5, 0.6) is 11.5 Å². The molecular weight excluding hydrogens is 486 g/mol. The quantitative estimate of drug-likeness (QED) is 0.433. The summed E-state index contributed by atoms with van der Waals surface area (Å²) in [5, 5.41) is 0. The van der Waals surface area contributed by atoms with Gasteiger partial charge in [0.1, 0.15) is 11.5 Å². The lowest BCUT2D eigenvalue weighted by Gasteiger charge is -2.28. The zero-order chi connectivity index (χ0) is 19.6. The molecule has 0 aromatic heterocycles. The second-order valence-electron chi connectivity index (χ2n) is 7.93. The van der Waals surface area contributed by atoms with Gasteiger partial charge in [-0.25, -0.2) is 0 Å². The molecule has 2 aromatic carbocycles. The van der Waals surface area contributed by atoms with E-state index in [1.54, 1.807) is 12.1 Å². The van der Waals surface area contributed by atoms with Gasteiger partial charge in [0.2, 0.25) is 11.8 Å². The number of hydrogen-bond donors (Lipinski definition) is 0. The molecule has 5 rings (SSSR count). The molecule has 2 aliphatic carbocycles. The fraction of sp³-hybridized carbons (Fsp3) is 0.364. The first-order valence-electron chi connectivity index (χ1n) is 9.46. The fourth-order valence-corrected chi connectivity index (χ4v) is 6.95. The summed E-state index contributed by atoms with van der Waals surface area (Å²) in [5.74, 6) is 1.39. The number of anilines is 1. The van der Waals surface area contributed by atoms with Crippen molar-refractivity contribution in [3.8, 4) is 11.5 Å². The number of halogens is 2. The highest BCUT2D eigenvalue weighted by atomic mass is 79.9. The van der Waals surface area contributed by atoms with Crippen molar-refractivity contribution >= 4 is 49.4 Å². The van der Waals surface area contributed by atoms with Crippen molar-refractivity contribution in [3.63, 3.8) is 0 Å². The Kier molecular flexibility index (Phi) is 4.40. The number of amides is 2. The Bertz CT molecular complexity index is 929. The van der Waals surface area contributed by atoms with Gasteiger partial charge < -0.3 is 4.74 Å². The van der Waals surface area contributed by atoms with Crippen LogP contribution in [0, 0.1) is 30.6 Å². The van der Waals surface area contributed by atoms with Crippen LogP contribution in [-0.2, 0) is 9.59 Å². The summed E-state index contributed by atoms with van der Waals surface area (Å²) in [6, 6.07) is 15.0. The van der Waals surface area contributed by atoms with Crippen LogP contribution in [0.4, 0.5) is 5.69 Å². The van der Waals surface area contributed by atoms with Crippen LogP contribution in [0.1, 0.15) is 12.0 Å². The maximum Gasteiger partial charge on any atom is 0.238 e. The van der Waals surface area contributed by atoms with Gasteiger partial charge in [-0.1, -0.05) is 44.0 Å². The Balaban J connectivity index is 1.38. The van der Waals surface area contributed by atoms with Crippen LogP contribution in [-0.4, -0.2) is 21.5 Å². The minimum absolute atomic E-state index is 0.0568. The lowest BCUT2D eigenvalue weighted by Crippen LogP contribution is -2.37. The largest absolute Gasteiger partial charge is 0.457 e. The van der Waals surface area contributed by atoms with E-state index >= 15 is 0 Å². The van der Waals surface area contributed by atoms with E-state index in [0.717, 1.165) is 17.7 Å². The Morgan fingerprint density at radius 2 is 1.50 bits per heavy atom. The van der Waals surface area contributed by atoms with Gasteiger partial charge in [0.05, 0.1) is 17.5 Å². The van der Waals surface area contributed by atoms with Gasteiger partial charge in [-0.3, -0.25) is 14.5 Å². The summed E-state index contributed by atoms with van der Waals surface area (Å²) < 4.78 is 5.88. The van der Waals surface area contributed by atoms with Crippen molar-refractivity contribution in [2.45, 2.75) is 23.0 Å². The number of carbonyl (C=O) groups is 2. The maximum atomic E-state index is 13.1. The molecule has 6 atom stereocenters. The maximum absolute atomic E-state index is 13.1. The fourth-order valence-electron chi connectivity index (χ4n) is 5.08. The molecule has 1 heterocycles. The zero-order valence-electron chi connectivity index (χ0n) is 15.2. The number of hydrogen-bond acceptors (Lipinski definition) is 3. The molecule has 2 saturated carbocycles. The van der Waals surface area contributed by atoms with E-state index < -0.39 is 0 Å². The van der Waals surface area contributed by atoms with Gasteiger partial charge in [-0.15, -0.1) is 0 Å². The number of alkyl halides is 2. The first-order chi connectivity index (χ1) is 13.5. The number of rotatable bonds is 3. The molecule has 4 nitrogen and oxygen atoms in total. The molecule has 28 heavy (non-hydrogen) atoms. The van der Waals surface area contributed by atoms with Crippen LogP contribution in [0.25, 0.3) is 0 Å². The minimum atomic E-state index is -0.195. The molecule has 2 bridgehead atoms. The Hall–Kier alpha value is -1.66. The molecule has 0 radical (unpaired) electrons. The lowest BCUT2D eigenvalue weighted by atomic mass is 9.81. The molecule has 2 aromatic rings. The predicted octanol–water partition coefficient (Wildman–Crippen LogP) is 5.07. The highest BCUT2D eigenvalue weighted by molar-refractivity contribution is 9.12. The summed E-state index contributed by atoms with van der Waals surface area (Å²) in [6.45, 7) is 2.01. The first-order valence-corrected chi connectivity index (χ1v) is 11.3. The summed E-state index contributed by atoms with van der Waals surface area (Å²) in [4.78, 5) is 28.1. The first kappa shape index (κ1) is 18.4. The molecular formula is C22H19Br2NO3. The van der Waals surface area contributed by atoms with Crippen LogP contribution in [0.15, 0.2) is 48.5 Å². The van der Waals surface area contributed by atoms with Gasteiger partial charge in [-0.2, -0.15) is 0 Å². The molecule has 0 unspecified atom stereocenters. The third-order valence-electron chi connectivity index (χ3n) is 6.31. The van der Waals surface area contributed by atoms with Gasteiger partial charge in [0, 0.05) is 9.65 Å². The smallest absolute Gasteiger partial charge is 0.238 e. The van der Waals surface area contributed by atoms with E-state index in [-0.39, 0.29) is 45.1 Å². The number of nitrogens with zero attached hydrogens (tertiary/aromatic N) is 1. The Morgan fingerprint density at radius 3 is 2.07 bits per heavy atom. The van der Waals surface area contributed by atoms with Crippen molar-refractivity contribution in [3.05, 3.63) is 54.1 Å². The van der Waals surface area contributed by atoms with E-state index in [1.807, 2.05) is 43.3 Å². The lowest BCUT2D eigenvalue weighted by molar-refractivity contribution is -0.123. The number of aryl methyl sites for hydroxylation is 1. The topological polar surface area (TPSA) is 46.6 Å². The van der Waals surface area contributed by atoms with E-state index in [0.29, 0.717) is 11.4 Å². The summed E-state index contributed by atoms with van der Waals surface area (Å²) in [5.41, 5.74) is 1.75. The molecule has 3 aliphatic rings. The Labute approximate surface area is 180 Å². The molecule has 6 heteroatoms. The normalized spacial score (nSPS) is 33.5. The van der Waals surface area contributed by atoms with Crippen LogP contribution in [0.3, 0.4) is 0 Å². The van der Waals surface area contributed by atoms with E-state index in [4.69, 9.17) is 4.74 Å². The van der Waals surface area contributed by atoms with E-state index in [1.165, 1.54) is 4.90 Å². The van der Waals surface area contributed by atoms with Gasteiger partial charge in [0.25, 0.3) is 0 Å². The van der Waals surface area contributed by atoms with E-state index in [9.17, 15) is 9.59 Å². The molecule has 2 amide bonds. The number of imide groups is 1. The number of ether oxygens (including phenoxy) is 1. The number of fused-ring (bicyclic) bond motifs is 5. The summed E-state index contributed by atoms with van der Waals surface area (Å²) >= 11 is 7.44. The molecule has 0 N–H and O–H groups in total. The average molecular weight is 505 g/mol. The molecule has 144 valence electrons. The molecule has 0 spiro atoms. The van der Waals surface area contributed by atoms with E-state index in [2.05, 4.69) is 31.9 Å². The third-order valence-corrected chi connectivity index (χ3v) is 9.51. The molecule has 1 aliphatic heterocycles. The monoisotopic (exact) mass is 503 g/mol. The van der Waals surface area contributed by atoms with Crippen molar-refractivity contribution in [1.29, 1.82) is 0 Å². The van der Waals surface area contributed by atoms with Gasteiger partial charge in [0.15, 0.2) is 0 Å². The molecule has 1 saturated heterocycles. The van der Waals surface area contributed by atoms with Gasteiger partial charge >= 0.3 is 0 Å². The third kappa shape index (κ3) is 2.68. The molecule has 3 fully saturated rings. The van der Waals surface area contributed by atoms with Crippen LogP contribution in [0.2, 0.25) is 0 Å². The van der Waals surface area contributed by atoms with Crippen LogP contribution < -0.4 is 9.64 Å². The Morgan fingerprint density at radius 1 is 0.893 bits per heavy atom. The van der Waals surface area contributed by atoms with Gasteiger partial charge in [-0.05, 0) is 67.1 Å². The zero-order valence-corrected chi connectivity index (χ0v) is 18.4. The SMILES string of the molecule is Cc1cccc(Oc2ccc(N3C(=O)[C@@H]4[C@H]5C[C@@H]([C@H](Br)[C@H]5Br)[C@@H]4C3=O)cc2)c1. The average Bonchev–Trinajstić information content (AvgIpc) is 3.28. The minimum Gasteiger partial charge on any atom is -0.457 e. The summed E-state index contributed by atoms with van der Waals surface area (Å²) in [6.07, 6.45) is 0.940. The van der Waals surface area contributed by atoms with Crippen molar-refractivity contribution in [2.75, 3.05) is 4.90 Å². The standard InChI is InChI=1S/C22H19Br2NO3/c1-11-3-2-4-14(9-11)28-13-7-5-12(6-8-13)25-21(26)17-15-10-16(18(17)22(25)27)20(24)19(15)23/h2-9,15-20H,10H2,1H3/t15-,16-,17-,18+,19+,20+/m1/s1. The van der Waals surface area contributed by atoms with Crippen molar-refractivity contribution in [2.24, 2.45) is 23.7 Å². The number of benzene rings is 2. The van der Waals surface area contributed by atoms with Crippen molar-refractivity contribution in [1.82, 2.24) is 0 Å². The summed E-state index contributed by atoms with van der Waals surface area (Å²) in [7, 11) is 0. The highest BCUT2D eigenvalue weighted by Gasteiger charge is 2.66. The van der Waals surface area contributed by atoms with Crippen LogP contribution >= 0.6 is 31.9 Å². The highest BCUT2D eigenvalue weighted by Crippen LogP contribution is 2.60.